The Morgan fingerprint density at radius 1 is 1.03 bits per heavy atom. The highest BCUT2D eigenvalue weighted by atomic mass is 16.5. The van der Waals surface area contributed by atoms with Crippen LogP contribution in [-0.2, 0) is 7.05 Å². The maximum Gasteiger partial charge on any atom is 0.296 e. The van der Waals surface area contributed by atoms with Crippen LogP contribution in [0.15, 0.2) is 76.4 Å². The minimum absolute atomic E-state index is 0.114. The molecule has 0 spiro atoms. The van der Waals surface area contributed by atoms with Crippen molar-refractivity contribution in [3.63, 3.8) is 0 Å². The Morgan fingerprint density at radius 3 is 2.53 bits per heavy atom. The lowest BCUT2D eigenvalue weighted by molar-refractivity contribution is 0.101. The van der Waals surface area contributed by atoms with E-state index >= 15 is 0 Å². The molecule has 0 aliphatic rings. The lowest BCUT2D eigenvalue weighted by Gasteiger charge is -2.13. The maximum atomic E-state index is 12.8. The molecule has 0 aliphatic heterocycles. The molecule has 32 heavy (non-hydrogen) atoms. The third kappa shape index (κ3) is 3.10. The number of nitrogens with one attached hydrogen (secondary N) is 1. The second-order valence-electron chi connectivity index (χ2n) is 6.96. The molecule has 158 valence electrons. The summed E-state index contributed by atoms with van der Waals surface area (Å²) < 4.78 is 7.69. The quantitative estimate of drug-likeness (QED) is 0.450. The van der Waals surface area contributed by atoms with E-state index in [4.69, 9.17) is 0 Å². The van der Waals surface area contributed by atoms with Crippen LogP contribution in [0.4, 0.5) is 5.69 Å². The summed E-state index contributed by atoms with van der Waals surface area (Å²) in [5.74, 6) is -1.10. The van der Waals surface area contributed by atoms with Crippen LogP contribution < -0.4 is 10.9 Å². The number of aromatic hydroxyl groups is 1. The molecule has 5 aromatic rings. The van der Waals surface area contributed by atoms with Crippen LogP contribution in [0.2, 0.25) is 0 Å². The average molecular weight is 428 g/mol. The molecule has 3 aromatic heterocycles. The summed E-state index contributed by atoms with van der Waals surface area (Å²) in [5.41, 5.74) is 1.33. The van der Waals surface area contributed by atoms with Crippen molar-refractivity contribution in [2.75, 3.05) is 5.32 Å². The van der Waals surface area contributed by atoms with Crippen LogP contribution in [0, 0.1) is 0 Å². The highest BCUT2D eigenvalue weighted by molar-refractivity contribution is 6.04. The van der Waals surface area contributed by atoms with Crippen molar-refractivity contribution in [2.45, 2.75) is 0 Å². The van der Waals surface area contributed by atoms with Crippen LogP contribution in [-0.4, -0.2) is 35.3 Å². The first-order valence-corrected chi connectivity index (χ1v) is 9.58. The number of hydrogen-bond acceptors (Lipinski definition) is 7. The van der Waals surface area contributed by atoms with Gasteiger partial charge in [0.2, 0.25) is 5.75 Å². The van der Waals surface area contributed by atoms with E-state index in [1.165, 1.54) is 19.5 Å². The molecule has 0 bridgehead atoms. The third-order valence-electron chi connectivity index (χ3n) is 4.95. The van der Waals surface area contributed by atoms with E-state index in [1.807, 2.05) is 59.2 Å². The van der Waals surface area contributed by atoms with E-state index in [2.05, 4.69) is 25.0 Å². The van der Waals surface area contributed by atoms with Crippen LogP contribution >= 0.6 is 0 Å². The molecule has 10 heteroatoms. The van der Waals surface area contributed by atoms with Crippen molar-refractivity contribution in [1.29, 1.82) is 0 Å². The van der Waals surface area contributed by atoms with E-state index in [-0.39, 0.29) is 11.5 Å². The highest BCUT2D eigenvalue weighted by Gasteiger charge is 2.25. The van der Waals surface area contributed by atoms with Crippen LogP contribution in [0.1, 0.15) is 10.5 Å². The topological polar surface area (TPSA) is 128 Å². The van der Waals surface area contributed by atoms with Gasteiger partial charge in [0.25, 0.3) is 11.5 Å². The minimum atomic E-state index is -0.785. The van der Waals surface area contributed by atoms with Crippen LogP contribution in [0.5, 0.6) is 5.75 Å². The van der Waals surface area contributed by atoms with Gasteiger partial charge in [0.15, 0.2) is 17.3 Å². The van der Waals surface area contributed by atoms with Gasteiger partial charge in [-0.15, -0.1) is 0 Å². The van der Waals surface area contributed by atoms with Crippen molar-refractivity contribution in [3.05, 3.63) is 83.1 Å². The van der Waals surface area contributed by atoms with Gasteiger partial charge in [-0.3, -0.25) is 18.7 Å². The Kier molecular flexibility index (Phi) is 4.52. The molecule has 10 nitrogen and oxygen atoms in total. The van der Waals surface area contributed by atoms with Gasteiger partial charge in [0.1, 0.15) is 12.0 Å². The zero-order valence-corrected chi connectivity index (χ0v) is 16.8. The van der Waals surface area contributed by atoms with Crippen molar-refractivity contribution >= 4 is 22.6 Å². The standard InChI is InChI=1S/C22H16N6O4/c1-27-19(26-17(18(29)22(27)31)21(30)24-13-11-23-32-12-13)20-25-15-9-5-6-10-16(15)28(20)14-7-3-2-4-8-14/h2-12,29H,1H3,(H,24,30). The molecule has 0 unspecified atom stereocenters. The fraction of sp³-hybridized carbons (Fsp3) is 0.0455. The number of nitrogens with zero attached hydrogens (tertiary/aromatic N) is 5. The van der Waals surface area contributed by atoms with E-state index in [0.29, 0.717) is 11.3 Å². The molecule has 3 heterocycles. The van der Waals surface area contributed by atoms with Crippen LogP contribution in [0.25, 0.3) is 28.4 Å². The number of imidazole rings is 1. The lowest BCUT2D eigenvalue weighted by atomic mass is 10.2. The number of aromatic nitrogens is 5. The Balaban J connectivity index is 1.75. The van der Waals surface area contributed by atoms with Gasteiger partial charge in [-0.1, -0.05) is 35.5 Å². The van der Waals surface area contributed by atoms with Gasteiger partial charge >= 0.3 is 0 Å². The number of benzene rings is 2. The van der Waals surface area contributed by atoms with Crippen molar-refractivity contribution in [2.24, 2.45) is 7.05 Å². The maximum absolute atomic E-state index is 12.8. The normalized spacial score (nSPS) is 11.0. The van der Waals surface area contributed by atoms with Crippen molar-refractivity contribution in [1.82, 2.24) is 24.3 Å². The largest absolute Gasteiger partial charge is 0.501 e. The number of rotatable bonds is 4. The summed E-state index contributed by atoms with van der Waals surface area (Å²) in [6.45, 7) is 0. The number of hydrogen-bond donors (Lipinski definition) is 2. The van der Waals surface area contributed by atoms with E-state index in [9.17, 15) is 14.7 Å². The zero-order chi connectivity index (χ0) is 22.2. The molecule has 0 aliphatic carbocycles. The smallest absolute Gasteiger partial charge is 0.296 e. The molecular weight excluding hydrogens is 412 g/mol. The highest BCUT2D eigenvalue weighted by Crippen LogP contribution is 2.28. The molecule has 0 saturated carbocycles. The van der Waals surface area contributed by atoms with Gasteiger partial charge in [-0.05, 0) is 24.3 Å². The van der Waals surface area contributed by atoms with Crippen molar-refractivity contribution < 1.29 is 14.4 Å². The number of carbonyl (C=O) groups is 1. The Morgan fingerprint density at radius 2 is 1.78 bits per heavy atom. The zero-order valence-electron chi connectivity index (χ0n) is 16.8. The predicted octanol–water partition coefficient (Wildman–Crippen LogP) is 2.73. The SMILES string of the molecule is Cn1c(-c2nc3ccccc3n2-c2ccccc2)nc(C(=O)Nc2cnoc2)c(O)c1=O. The third-order valence-corrected chi connectivity index (χ3v) is 4.95. The minimum Gasteiger partial charge on any atom is -0.501 e. The summed E-state index contributed by atoms with van der Waals surface area (Å²) in [4.78, 5) is 34.5. The molecule has 5 rings (SSSR count). The van der Waals surface area contributed by atoms with E-state index in [1.54, 1.807) is 0 Å². The summed E-state index contributed by atoms with van der Waals surface area (Å²) in [6.07, 6.45) is 2.50. The summed E-state index contributed by atoms with van der Waals surface area (Å²) in [5, 5.41) is 16.3. The lowest BCUT2D eigenvalue weighted by Crippen LogP contribution is -2.26. The fourth-order valence-electron chi connectivity index (χ4n) is 3.42. The molecule has 0 saturated heterocycles. The van der Waals surface area contributed by atoms with E-state index in [0.717, 1.165) is 15.8 Å². The van der Waals surface area contributed by atoms with E-state index < -0.39 is 22.9 Å². The summed E-state index contributed by atoms with van der Waals surface area (Å²) in [6, 6.07) is 16.9. The fourth-order valence-corrected chi connectivity index (χ4v) is 3.42. The molecular formula is C22H16N6O4. The van der Waals surface area contributed by atoms with Crippen LogP contribution in [0.3, 0.4) is 0 Å². The molecule has 2 aromatic carbocycles. The first-order chi connectivity index (χ1) is 15.5. The first kappa shape index (κ1) is 19.2. The summed E-state index contributed by atoms with van der Waals surface area (Å²) in [7, 11) is 1.46. The molecule has 1 amide bonds. The number of fused-ring (bicyclic) bond motifs is 1. The average Bonchev–Trinajstić information content (AvgIpc) is 3.46. The molecule has 0 atom stereocenters. The Bertz CT molecular complexity index is 1500. The number of anilines is 1. The van der Waals surface area contributed by atoms with Crippen molar-refractivity contribution in [3.8, 4) is 23.1 Å². The predicted molar refractivity (Wildman–Crippen MR) is 116 cm³/mol. The number of amides is 1. The number of para-hydroxylation sites is 3. The van der Waals surface area contributed by atoms with Gasteiger partial charge in [0.05, 0.1) is 17.2 Å². The second kappa shape index (κ2) is 7.51. The summed E-state index contributed by atoms with van der Waals surface area (Å²) >= 11 is 0. The number of carbonyl (C=O) groups excluding carboxylic acids is 1. The monoisotopic (exact) mass is 428 g/mol. The van der Waals surface area contributed by atoms with Gasteiger partial charge in [-0.2, -0.15) is 0 Å². The molecule has 2 N–H and O–H groups in total. The second-order valence-corrected chi connectivity index (χ2v) is 6.96. The van der Waals surface area contributed by atoms with Gasteiger partial charge < -0.3 is 14.9 Å². The first-order valence-electron chi connectivity index (χ1n) is 9.58. The Labute approximate surface area is 180 Å². The molecule has 0 radical (unpaired) electrons. The molecule has 0 fully saturated rings. The Hall–Kier alpha value is -4.73. The van der Waals surface area contributed by atoms with Gasteiger partial charge in [-0.25, -0.2) is 9.97 Å². The van der Waals surface area contributed by atoms with Gasteiger partial charge in [0, 0.05) is 12.7 Å².